The van der Waals surface area contributed by atoms with Crippen LogP contribution in [0.1, 0.15) is 63.9 Å². The monoisotopic (exact) mass is 372 g/mol. The molecule has 27 heavy (non-hydrogen) atoms. The number of hydrogen-bond acceptors (Lipinski definition) is 3. The molecule has 1 aliphatic carbocycles. The number of ether oxygens (including phenoxy) is 1. The van der Waals surface area contributed by atoms with Crippen LogP contribution in [0.25, 0.3) is 0 Å². The lowest BCUT2D eigenvalue weighted by Crippen LogP contribution is -2.38. The SMILES string of the molecule is CC(C)c1ccc(NC(=O)C2CCC(C(=O)NCC3CCCO3)CC2)cc1. The van der Waals surface area contributed by atoms with E-state index in [2.05, 4.69) is 36.6 Å². The second-order valence-electron chi connectivity index (χ2n) is 8.19. The molecule has 1 unspecified atom stereocenters. The van der Waals surface area contributed by atoms with E-state index in [0.717, 1.165) is 50.8 Å². The quantitative estimate of drug-likeness (QED) is 0.797. The molecule has 2 amide bonds. The molecular weight excluding hydrogens is 340 g/mol. The maximum atomic E-state index is 12.5. The van der Waals surface area contributed by atoms with Crippen molar-refractivity contribution in [2.45, 2.75) is 64.4 Å². The first kappa shape index (κ1) is 19.9. The van der Waals surface area contributed by atoms with Crippen molar-refractivity contribution in [1.29, 1.82) is 0 Å². The molecule has 148 valence electrons. The third-order valence-corrected chi connectivity index (χ3v) is 5.84. The zero-order chi connectivity index (χ0) is 19.2. The van der Waals surface area contributed by atoms with E-state index in [4.69, 9.17) is 4.74 Å². The molecule has 1 saturated carbocycles. The van der Waals surface area contributed by atoms with Crippen LogP contribution in [0.15, 0.2) is 24.3 Å². The van der Waals surface area contributed by atoms with E-state index in [1.807, 2.05) is 12.1 Å². The maximum Gasteiger partial charge on any atom is 0.227 e. The van der Waals surface area contributed by atoms with E-state index >= 15 is 0 Å². The molecule has 0 spiro atoms. The van der Waals surface area contributed by atoms with E-state index in [-0.39, 0.29) is 29.8 Å². The van der Waals surface area contributed by atoms with Crippen molar-refractivity contribution in [2.75, 3.05) is 18.5 Å². The van der Waals surface area contributed by atoms with E-state index in [1.165, 1.54) is 5.56 Å². The average Bonchev–Trinajstić information content (AvgIpc) is 3.20. The molecule has 1 aromatic carbocycles. The number of amides is 2. The van der Waals surface area contributed by atoms with Gasteiger partial charge in [0, 0.05) is 30.7 Å². The summed E-state index contributed by atoms with van der Waals surface area (Å²) in [5.41, 5.74) is 2.11. The Bertz CT molecular complexity index is 627. The topological polar surface area (TPSA) is 67.4 Å². The molecule has 5 nitrogen and oxygen atoms in total. The summed E-state index contributed by atoms with van der Waals surface area (Å²) in [6, 6.07) is 8.07. The van der Waals surface area contributed by atoms with Crippen LogP contribution in [0.5, 0.6) is 0 Å². The molecule has 5 heteroatoms. The predicted molar refractivity (Wildman–Crippen MR) is 107 cm³/mol. The summed E-state index contributed by atoms with van der Waals surface area (Å²) in [6.07, 6.45) is 5.40. The van der Waals surface area contributed by atoms with E-state index in [9.17, 15) is 9.59 Å². The molecule has 0 aromatic heterocycles. The summed E-state index contributed by atoms with van der Waals surface area (Å²) in [7, 11) is 0. The molecule has 0 radical (unpaired) electrons. The third kappa shape index (κ3) is 5.55. The Morgan fingerprint density at radius 1 is 1.00 bits per heavy atom. The molecule has 2 N–H and O–H groups in total. The van der Waals surface area contributed by atoms with Crippen molar-refractivity contribution in [3.63, 3.8) is 0 Å². The fourth-order valence-electron chi connectivity index (χ4n) is 3.98. The van der Waals surface area contributed by atoms with Crippen LogP contribution in [-0.2, 0) is 14.3 Å². The molecule has 1 saturated heterocycles. The van der Waals surface area contributed by atoms with Crippen LogP contribution >= 0.6 is 0 Å². The van der Waals surface area contributed by atoms with Gasteiger partial charge in [-0.3, -0.25) is 9.59 Å². The van der Waals surface area contributed by atoms with Gasteiger partial charge in [0.2, 0.25) is 11.8 Å². The van der Waals surface area contributed by atoms with Crippen molar-refractivity contribution in [2.24, 2.45) is 11.8 Å². The van der Waals surface area contributed by atoms with Gasteiger partial charge in [0.25, 0.3) is 0 Å². The smallest absolute Gasteiger partial charge is 0.227 e. The van der Waals surface area contributed by atoms with Crippen LogP contribution in [0.4, 0.5) is 5.69 Å². The lowest BCUT2D eigenvalue weighted by molar-refractivity contribution is -0.128. The maximum absolute atomic E-state index is 12.5. The second-order valence-corrected chi connectivity index (χ2v) is 8.19. The van der Waals surface area contributed by atoms with Gasteiger partial charge in [0.15, 0.2) is 0 Å². The van der Waals surface area contributed by atoms with Crippen molar-refractivity contribution in [3.05, 3.63) is 29.8 Å². The normalized spacial score (nSPS) is 25.4. The van der Waals surface area contributed by atoms with Gasteiger partial charge in [0.1, 0.15) is 0 Å². The number of carbonyl (C=O) groups is 2. The van der Waals surface area contributed by atoms with Crippen LogP contribution in [0.3, 0.4) is 0 Å². The Morgan fingerprint density at radius 3 is 2.19 bits per heavy atom. The standard InChI is InChI=1S/C22H32N2O3/c1-15(2)16-9-11-19(12-10-16)24-22(26)18-7-5-17(6-8-18)21(25)23-14-20-4-3-13-27-20/h9-12,15,17-18,20H,3-8,13-14H2,1-2H3,(H,23,25)(H,24,26). The van der Waals surface area contributed by atoms with E-state index in [1.54, 1.807) is 0 Å². The Kier molecular flexibility index (Phi) is 6.89. The highest BCUT2D eigenvalue weighted by atomic mass is 16.5. The molecule has 1 aromatic rings. The van der Waals surface area contributed by atoms with Crippen molar-refractivity contribution in [3.8, 4) is 0 Å². The highest BCUT2D eigenvalue weighted by molar-refractivity contribution is 5.92. The predicted octanol–water partition coefficient (Wildman–Crippen LogP) is 3.85. The summed E-state index contributed by atoms with van der Waals surface area (Å²) in [5.74, 6) is 0.702. The largest absolute Gasteiger partial charge is 0.376 e. The summed E-state index contributed by atoms with van der Waals surface area (Å²) in [6.45, 7) is 5.73. The molecule has 1 heterocycles. The number of benzene rings is 1. The third-order valence-electron chi connectivity index (χ3n) is 5.84. The molecule has 1 aliphatic heterocycles. The first-order valence-electron chi connectivity index (χ1n) is 10.3. The number of rotatable bonds is 6. The molecule has 0 bridgehead atoms. The summed E-state index contributed by atoms with van der Waals surface area (Å²) < 4.78 is 5.55. The van der Waals surface area contributed by atoms with Gasteiger partial charge in [-0.2, -0.15) is 0 Å². The van der Waals surface area contributed by atoms with Crippen LogP contribution < -0.4 is 10.6 Å². The van der Waals surface area contributed by atoms with Gasteiger partial charge in [-0.1, -0.05) is 26.0 Å². The summed E-state index contributed by atoms with van der Waals surface area (Å²) in [4.78, 5) is 24.9. The number of hydrogen-bond donors (Lipinski definition) is 2. The van der Waals surface area contributed by atoms with Crippen LogP contribution in [0, 0.1) is 11.8 Å². The van der Waals surface area contributed by atoms with Gasteiger partial charge in [-0.15, -0.1) is 0 Å². The first-order valence-corrected chi connectivity index (χ1v) is 10.3. The molecule has 1 atom stereocenters. The van der Waals surface area contributed by atoms with Crippen molar-refractivity contribution >= 4 is 17.5 Å². The highest BCUT2D eigenvalue weighted by Gasteiger charge is 2.30. The number of anilines is 1. The fourth-order valence-corrected chi connectivity index (χ4v) is 3.98. The number of carbonyl (C=O) groups excluding carboxylic acids is 2. The first-order chi connectivity index (χ1) is 13.0. The van der Waals surface area contributed by atoms with Gasteiger partial charge in [0.05, 0.1) is 6.10 Å². The van der Waals surface area contributed by atoms with Gasteiger partial charge in [-0.25, -0.2) is 0 Å². The minimum atomic E-state index is -0.00279. The Labute approximate surface area is 162 Å². The summed E-state index contributed by atoms with van der Waals surface area (Å²) >= 11 is 0. The average molecular weight is 373 g/mol. The van der Waals surface area contributed by atoms with Crippen LogP contribution in [0.2, 0.25) is 0 Å². The van der Waals surface area contributed by atoms with Crippen molar-refractivity contribution < 1.29 is 14.3 Å². The lowest BCUT2D eigenvalue weighted by atomic mass is 9.81. The zero-order valence-corrected chi connectivity index (χ0v) is 16.5. The Hall–Kier alpha value is -1.88. The van der Waals surface area contributed by atoms with E-state index < -0.39 is 0 Å². The fraction of sp³-hybridized carbons (Fsp3) is 0.636. The minimum absolute atomic E-state index is 0.00279. The second kappa shape index (κ2) is 9.36. The summed E-state index contributed by atoms with van der Waals surface area (Å²) in [5, 5.41) is 6.06. The number of nitrogens with one attached hydrogen (secondary N) is 2. The molecule has 2 fully saturated rings. The van der Waals surface area contributed by atoms with Crippen LogP contribution in [-0.4, -0.2) is 31.1 Å². The van der Waals surface area contributed by atoms with Gasteiger partial charge < -0.3 is 15.4 Å². The van der Waals surface area contributed by atoms with E-state index in [0.29, 0.717) is 12.5 Å². The minimum Gasteiger partial charge on any atom is -0.376 e. The Morgan fingerprint density at radius 2 is 1.63 bits per heavy atom. The highest BCUT2D eigenvalue weighted by Crippen LogP contribution is 2.30. The molecule has 3 rings (SSSR count). The molecule has 2 aliphatic rings. The van der Waals surface area contributed by atoms with Crippen molar-refractivity contribution in [1.82, 2.24) is 5.32 Å². The zero-order valence-electron chi connectivity index (χ0n) is 16.5. The lowest BCUT2D eigenvalue weighted by Gasteiger charge is -2.27. The molecular formula is C22H32N2O3. The van der Waals surface area contributed by atoms with Gasteiger partial charge >= 0.3 is 0 Å². The Balaban J connectivity index is 1.41. The van der Waals surface area contributed by atoms with Gasteiger partial charge in [-0.05, 0) is 62.1 Å².